The fraction of sp³-hybridized carbons (Fsp3) is 0.333. The monoisotopic (exact) mass is 327 g/mol. The fourth-order valence-electron chi connectivity index (χ4n) is 1.34. The van der Waals surface area contributed by atoms with E-state index in [1.807, 2.05) is 24.3 Å². The predicted octanol–water partition coefficient (Wildman–Crippen LogP) is 3.08. The molecule has 0 aliphatic carbocycles. The first-order valence-corrected chi connectivity index (χ1v) is 7.44. The Bertz CT molecular complexity index is 518. The average Bonchev–Trinajstić information content (AvgIpc) is 2.85. The summed E-state index contributed by atoms with van der Waals surface area (Å²) in [6.45, 7) is 2.73. The lowest BCUT2D eigenvalue weighted by atomic mass is 10.2. The van der Waals surface area contributed by atoms with Crippen LogP contribution in [0.2, 0.25) is 0 Å². The number of nitrogens with two attached hydrogens (primary N) is 1. The molecule has 6 heteroatoms. The molecule has 2 rings (SSSR count). The van der Waals surface area contributed by atoms with E-state index < -0.39 is 0 Å². The van der Waals surface area contributed by atoms with Crippen LogP contribution in [-0.2, 0) is 5.75 Å². The van der Waals surface area contributed by atoms with Gasteiger partial charge in [0.2, 0.25) is 11.8 Å². The molecule has 1 aromatic carbocycles. The van der Waals surface area contributed by atoms with E-state index in [9.17, 15) is 0 Å². The van der Waals surface area contributed by atoms with E-state index in [1.54, 1.807) is 11.8 Å². The van der Waals surface area contributed by atoms with Crippen LogP contribution in [0.15, 0.2) is 33.2 Å². The molecule has 0 fully saturated rings. The van der Waals surface area contributed by atoms with Crippen molar-refractivity contribution in [3.8, 4) is 11.5 Å². The molecule has 4 nitrogen and oxygen atoms in total. The molecule has 0 radical (unpaired) electrons. The summed E-state index contributed by atoms with van der Waals surface area (Å²) in [6, 6.07) is 7.78. The normalized spacial score (nSPS) is 12.6. The van der Waals surface area contributed by atoms with Gasteiger partial charge in [0.15, 0.2) is 0 Å². The van der Waals surface area contributed by atoms with E-state index in [0.29, 0.717) is 29.3 Å². The van der Waals surface area contributed by atoms with Gasteiger partial charge in [-0.05, 0) is 28.1 Å². The highest BCUT2D eigenvalue weighted by Crippen LogP contribution is 2.27. The number of hydrogen-bond acceptors (Lipinski definition) is 5. The van der Waals surface area contributed by atoms with E-state index >= 15 is 0 Å². The molecule has 0 amide bonds. The van der Waals surface area contributed by atoms with E-state index in [-0.39, 0.29) is 0 Å². The number of hydrogen-bond donors (Lipinski definition) is 1. The second-order valence-corrected chi connectivity index (χ2v) is 6.12. The number of benzene rings is 1. The van der Waals surface area contributed by atoms with Crippen LogP contribution in [-0.4, -0.2) is 22.0 Å². The van der Waals surface area contributed by atoms with Gasteiger partial charge < -0.3 is 10.2 Å². The SMILES string of the molecule is CC(CN)SCc1nnc(-c2ccccc2Br)o1. The molecule has 1 unspecified atom stereocenters. The zero-order valence-electron chi connectivity index (χ0n) is 9.97. The Morgan fingerprint density at radius 3 is 2.89 bits per heavy atom. The van der Waals surface area contributed by atoms with Crippen molar-refractivity contribution in [2.45, 2.75) is 17.9 Å². The quantitative estimate of drug-likeness (QED) is 0.914. The molecule has 0 saturated heterocycles. The molecule has 1 heterocycles. The molecule has 1 atom stereocenters. The molecule has 2 aromatic rings. The Morgan fingerprint density at radius 2 is 2.17 bits per heavy atom. The highest BCUT2D eigenvalue weighted by molar-refractivity contribution is 9.10. The van der Waals surface area contributed by atoms with Crippen LogP contribution in [0, 0.1) is 0 Å². The van der Waals surface area contributed by atoms with Gasteiger partial charge in [-0.15, -0.1) is 22.0 Å². The van der Waals surface area contributed by atoms with Gasteiger partial charge in [-0.3, -0.25) is 0 Å². The first kappa shape index (κ1) is 13.6. The minimum absolute atomic E-state index is 0.392. The minimum Gasteiger partial charge on any atom is -0.420 e. The minimum atomic E-state index is 0.392. The zero-order valence-corrected chi connectivity index (χ0v) is 12.4. The van der Waals surface area contributed by atoms with Crippen LogP contribution in [0.1, 0.15) is 12.8 Å². The molecule has 0 aliphatic rings. The number of thioether (sulfide) groups is 1. The van der Waals surface area contributed by atoms with Crippen LogP contribution < -0.4 is 5.73 Å². The van der Waals surface area contributed by atoms with Crippen molar-refractivity contribution in [2.75, 3.05) is 6.54 Å². The molecule has 1 aromatic heterocycles. The van der Waals surface area contributed by atoms with E-state index in [2.05, 4.69) is 33.1 Å². The second-order valence-electron chi connectivity index (χ2n) is 3.84. The Hall–Kier alpha value is -0.850. The van der Waals surface area contributed by atoms with Crippen molar-refractivity contribution < 1.29 is 4.42 Å². The molecule has 0 saturated carbocycles. The van der Waals surface area contributed by atoms with Crippen LogP contribution in [0.25, 0.3) is 11.5 Å². The third-order valence-electron chi connectivity index (χ3n) is 2.39. The van der Waals surface area contributed by atoms with Crippen LogP contribution in [0.3, 0.4) is 0 Å². The third-order valence-corrected chi connectivity index (χ3v) is 4.26. The topological polar surface area (TPSA) is 64.9 Å². The lowest BCUT2D eigenvalue weighted by Crippen LogP contribution is -2.12. The van der Waals surface area contributed by atoms with Gasteiger partial charge in [0.05, 0.1) is 11.3 Å². The number of aromatic nitrogens is 2. The summed E-state index contributed by atoms with van der Waals surface area (Å²) in [5.41, 5.74) is 6.47. The zero-order chi connectivity index (χ0) is 13.0. The molecular weight excluding hydrogens is 314 g/mol. The highest BCUT2D eigenvalue weighted by atomic mass is 79.9. The van der Waals surface area contributed by atoms with Crippen molar-refractivity contribution in [3.63, 3.8) is 0 Å². The lowest BCUT2D eigenvalue weighted by molar-refractivity contribution is 0.528. The molecule has 0 spiro atoms. The lowest BCUT2D eigenvalue weighted by Gasteiger charge is -2.04. The smallest absolute Gasteiger partial charge is 0.248 e. The van der Waals surface area contributed by atoms with Crippen molar-refractivity contribution in [1.29, 1.82) is 0 Å². The largest absolute Gasteiger partial charge is 0.420 e. The van der Waals surface area contributed by atoms with Crippen LogP contribution in [0.5, 0.6) is 0 Å². The van der Waals surface area contributed by atoms with E-state index in [0.717, 1.165) is 10.0 Å². The van der Waals surface area contributed by atoms with Gasteiger partial charge in [0, 0.05) is 16.3 Å². The molecular formula is C12H14BrN3OS. The maximum atomic E-state index is 5.63. The van der Waals surface area contributed by atoms with Crippen LogP contribution >= 0.6 is 27.7 Å². The first-order valence-electron chi connectivity index (χ1n) is 5.59. The fourth-order valence-corrected chi connectivity index (χ4v) is 2.47. The number of halogens is 1. The maximum absolute atomic E-state index is 5.63. The third kappa shape index (κ3) is 3.34. The Balaban J connectivity index is 2.09. The average molecular weight is 328 g/mol. The van der Waals surface area contributed by atoms with Gasteiger partial charge in [-0.1, -0.05) is 19.1 Å². The Morgan fingerprint density at radius 1 is 1.39 bits per heavy atom. The van der Waals surface area contributed by atoms with E-state index in [1.165, 1.54) is 0 Å². The van der Waals surface area contributed by atoms with Crippen molar-refractivity contribution >= 4 is 27.7 Å². The summed E-state index contributed by atoms with van der Waals surface area (Å²) in [7, 11) is 0. The summed E-state index contributed by atoms with van der Waals surface area (Å²) in [5.74, 6) is 1.86. The molecule has 96 valence electrons. The first-order chi connectivity index (χ1) is 8.70. The van der Waals surface area contributed by atoms with Gasteiger partial charge in [-0.25, -0.2) is 0 Å². The van der Waals surface area contributed by atoms with Gasteiger partial charge in [0.25, 0.3) is 0 Å². The predicted molar refractivity (Wildman–Crippen MR) is 77.2 cm³/mol. The van der Waals surface area contributed by atoms with E-state index in [4.69, 9.17) is 10.2 Å². The van der Waals surface area contributed by atoms with Crippen molar-refractivity contribution in [3.05, 3.63) is 34.6 Å². The Labute approximate surface area is 118 Å². The van der Waals surface area contributed by atoms with Crippen molar-refractivity contribution in [2.24, 2.45) is 5.73 Å². The summed E-state index contributed by atoms with van der Waals surface area (Å²) in [4.78, 5) is 0. The van der Waals surface area contributed by atoms with Gasteiger partial charge >= 0.3 is 0 Å². The highest BCUT2D eigenvalue weighted by Gasteiger charge is 2.11. The standard InChI is InChI=1S/C12H14BrN3OS/c1-8(6-14)18-7-11-15-16-12(17-11)9-4-2-3-5-10(9)13/h2-5,8H,6-7,14H2,1H3. The summed E-state index contributed by atoms with van der Waals surface area (Å²) in [6.07, 6.45) is 0. The molecule has 0 aliphatic heterocycles. The number of nitrogens with zero attached hydrogens (tertiary/aromatic N) is 2. The Kier molecular flexibility index (Phi) is 4.79. The molecule has 2 N–H and O–H groups in total. The molecule has 18 heavy (non-hydrogen) atoms. The summed E-state index contributed by atoms with van der Waals surface area (Å²) >= 11 is 5.18. The van der Waals surface area contributed by atoms with Gasteiger partial charge in [0.1, 0.15) is 0 Å². The second kappa shape index (κ2) is 6.36. The summed E-state index contributed by atoms with van der Waals surface area (Å²) in [5, 5.41) is 8.49. The number of rotatable bonds is 5. The van der Waals surface area contributed by atoms with Crippen LogP contribution in [0.4, 0.5) is 0 Å². The summed E-state index contributed by atoms with van der Waals surface area (Å²) < 4.78 is 6.58. The molecule has 0 bridgehead atoms. The maximum Gasteiger partial charge on any atom is 0.248 e. The van der Waals surface area contributed by atoms with Crippen molar-refractivity contribution in [1.82, 2.24) is 10.2 Å². The van der Waals surface area contributed by atoms with Gasteiger partial charge in [-0.2, -0.15) is 0 Å².